The first-order valence-electron chi connectivity index (χ1n) is 4.71. The summed E-state index contributed by atoms with van der Waals surface area (Å²) in [6, 6.07) is 7.68. The summed E-state index contributed by atoms with van der Waals surface area (Å²) in [4.78, 5) is 11.4. The highest BCUT2D eigenvalue weighted by atomic mass is 32.1. The molecule has 0 atom stereocenters. The molecule has 1 N–H and O–H groups in total. The molecule has 1 amide bonds. The van der Waals surface area contributed by atoms with Crippen molar-refractivity contribution in [1.29, 1.82) is 0 Å². The summed E-state index contributed by atoms with van der Waals surface area (Å²) >= 11 is 4.28. The van der Waals surface area contributed by atoms with Crippen LogP contribution < -0.4 is 5.32 Å². The maximum atomic E-state index is 10.6. The molecule has 78 valence electrons. The zero-order valence-corrected chi connectivity index (χ0v) is 9.47. The average molecular weight is 219 g/mol. The van der Waals surface area contributed by atoms with E-state index in [2.05, 4.69) is 29.8 Å². The second-order valence-electron chi connectivity index (χ2n) is 3.05. The molecule has 3 heteroatoms. The van der Waals surface area contributed by atoms with E-state index in [4.69, 9.17) is 0 Å². The third-order valence-corrected chi connectivity index (χ3v) is 2.14. The second-order valence-corrected chi connectivity index (χ2v) is 3.53. The molecule has 0 heterocycles. The number of thiol groups is 1. The Kier molecular flexibility index (Phi) is 4.79. The molecule has 0 saturated heterocycles. The molecule has 0 aliphatic rings. The Morgan fingerprint density at radius 3 is 2.87 bits per heavy atom. The van der Waals surface area contributed by atoms with Crippen LogP contribution in [0.3, 0.4) is 0 Å². The van der Waals surface area contributed by atoms with Gasteiger partial charge in [0, 0.05) is 30.3 Å². The molecule has 0 bridgehead atoms. The van der Waals surface area contributed by atoms with Gasteiger partial charge in [0.15, 0.2) is 0 Å². The van der Waals surface area contributed by atoms with Crippen LogP contribution in [0.1, 0.15) is 18.9 Å². The SMILES string of the molecule is CC(=O)NCCC#Cc1ccccc1S. The molecule has 0 aliphatic heterocycles. The topological polar surface area (TPSA) is 29.1 Å². The molecule has 1 aromatic carbocycles. The van der Waals surface area contributed by atoms with Gasteiger partial charge in [0.25, 0.3) is 0 Å². The molecule has 0 radical (unpaired) electrons. The lowest BCUT2D eigenvalue weighted by atomic mass is 10.2. The van der Waals surface area contributed by atoms with Gasteiger partial charge in [-0.1, -0.05) is 24.0 Å². The zero-order chi connectivity index (χ0) is 11.1. The van der Waals surface area contributed by atoms with Crippen LogP contribution in [0.25, 0.3) is 0 Å². The highest BCUT2D eigenvalue weighted by Crippen LogP contribution is 2.10. The van der Waals surface area contributed by atoms with Crippen LogP contribution in [0.15, 0.2) is 29.2 Å². The number of rotatable bonds is 2. The molecule has 0 aromatic heterocycles. The largest absolute Gasteiger partial charge is 0.355 e. The third kappa shape index (κ3) is 4.57. The summed E-state index contributed by atoms with van der Waals surface area (Å²) in [6.45, 7) is 2.09. The van der Waals surface area contributed by atoms with Crippen LogP contribution in [-0.4, -0.2) is 12.5 Å². The van der Waals surface area contributed by atoms with E-state index in [1.54, 1.807) is 0 Å². The lowest BCUT2D eigenvalue weighted by molar-refractivity contribution is -0.118. The fraction of sp³-hybridized carbons (Fsp3) is 0.250. The van der Waals surface area contributed by atoms with Crippen molar-refractivity contribution in [1.82, 2.24) is 5.32 Å². The minimum atomic E-state index is -0.0219. The number of carbonyl (C=O) groups excluding carboxylic acids is 1. The van der Waals surface area contributed by atoms with Crippen molar-refractivity contribution < 1.29 is 4.79 Å². The van der Waals surface area contributed by atoms with E-state index in [0.29, 0.717) is 13.0 Å². The molecule has 0 fully saturated rings. The lowest BCUT2D eigenvalue weighted by Crippen LogP contribution is -2.20. The third-order valence-electron chi connectivity index (χ3n) is 1.75. The summed E-state index contributed by atoms with van der Waals surface area (Å²) in [7, 11) is 0. The summed E-state index contributed by atoms with van der Waals surface area (Å²) in [5.41, 5.74) is 0.920. The number of benzene rings is 1. The zero-order valence-electron chi connectivity index (χ0n) is 8.58. The van der Waals surface area contributed by atoms with E-state index in [1.165, 1.54) is 6.92 Å². The smallest absolute Gasteiger partial charge is 0.216 e. The van der Waals surface area contributed by atoms with Crippen molar-refractivity contribution in [3.63, 3.8) is 0 Å². The Labute approximate surface area is 95.5 Å². The molecular weight excluding hydrogens is 206 g/mol. The molecule has 15 heavy (non-hydrogen) atoms. The van der Waals surface area contributed by atoms with Gasteiger partial charge in [0.2, 0.25) is 5.91 Å². The second kappa shape index (κ2) is 6.15. The molecule has 0 unspecified atom stereocenters. The molecule has 2 nitrogen and oxygen atoms in total. The van der Waals surface area contributed by atoms with Crippen molar-refractivity contribution in [2.45, 2.75) is 18.2 Å². The van der Waals surface area contributed by atoms with Crippen LogP contribution in [-0.2, 0) is 4.79 Å². The van der Waals surface area contributed by atoms with Crippen molar-refractivity contribution in [3.05, 3.63) is 29.8 Å². The van der Waals surface area contributed by atoms with E-state index in [1.807, 2.05) is 24.3 Å². The Morgan fingerprint density at radius 2 is 2.20 bits per heavy atom. The average Bonchev–Trinajstić information content (AvgIpc) is 2.20. The van der Waals surface area contributed by atoms with Gasteiger partial charge in [-0.2, -0.15) is 0 Å². The Balaban J connectivity index is 2.45. The molecule has 1 rings (SSSR count). The summed E-state index contributed by atoms with van der Waals surface area (Å²) in [6.07, 6.45) is 0.654. The van der Waals surface area contributed by atoms with Gasteiger partial charge in [-0.25, -0.2) is 0 Å². The standard InChI is InChI=1S/C12H13NOS/c1-10(14)13-9-5-4-7-11-6-2-3-8-12(11)15/h2-3,6,8,15H,5,9H2,1H3,(H,13,14). The fourth-order valence-corrected chi connectivity index (χ4v) is 1.25. The maximum Gasteiger partial charge on any atom is 0.216 e. The lowest BCUT2D eigenvalue weighted by Gasteiger charge is -1.96. The van der Waals surface area contributed by atoms with Crippen molar-refractivity contribution in [2.75, 3.05) is 6.54 Å². The van der Waals surface area contributed by atoms with Crippen LogP contribution in [0, 0.1) is 11.8 Å². The van der Waals surface area contributed by atoms with E-state index in [9.17, 15) is 4.79 Å². The van der Waals surface area contributed by atoms with E-state index in [0.717, 1.165) is 10.5 Å². The fourth-order valence-electron chi connectivity index (χ4n) is 1.04. The Hall–Kier alpha value is -1.40. The molecule has 0 saturated carbocycles. The predicted octanol–water partition coefficient (Wildman–Crippen LogP) is 1.85. The van der Waals surface area contributed by atoms with Crippen molar-refractivity contribution in [2.24, 2.45) is 0 Å². The van der Waals surface area contributed by atoms with Gasteiger partial charge >= 0.3 is 0 Å². The van der Waals surface area contributed by atoms with Crippen molar-refractivity contribution >= 4 is 18.5 Å². The van der Waals surface area contributed by atoms with Crippen molar-refractivity contribution in [3.8, 4) is 11.8 Å². The number of amides is 1. The summed E-state index contributed by atoms with van der Waals surface area (Å²) in [5, 5.41) is 2.69. The first-order valence-corrected chi connectivity index (χ1v) is 5.16. The van der Waals surface area contributed by atoms with Gasteiger partial charge in [0.05, 0.1) is 0 Å². The molecule has 1 aromatic rings. The van der Waals surface area contributed by atoms with Crippen LogP contribution >= 0.6 is 12.6 Å². The van der Waals surface area contributed by atoms with Crippen LogP contribution in [0.4, 0.5) is 0 Å². The first kappa shape index (κ1) is 11.7. The van der Waals surface area contributed by atoms with Crippen LogP contribution in [0.2, 0.25) is 0 Å². The van der Waals surface area contributed by atoms with Gasteiger partial charge in [-0.15, -0.1) is 12.6 Å². The van der Waals surface area contributed by atoms with Gasteiger partial charge in [-0.3, -0.25) is 4.79 Å². The number of carbonyl (C=O) groups is 1. The summed E-state index contributed by atoms with van der Waals surface area (Å²) in [5.74, 6) is 5.97. The van der Waals surface area contributed by atoms with Gasteiger partial charge in [-0.05, 0) is 12.1 Å². The van der Waals surface area contributed by atoms with E-state index >= 15 is 0 Å². The number of hydrogen-bond donors (Lipinski definition) is 2. The number of nitrogens with one attached hydrogen (secondary N) is 1. The monoisotopic (exact) mass is 219 g/mol. The molecular formula is C12H13NOS. The first-order chi connectivity index (χ1) is 7.20. The number of hydrogen-bond acceptors (Lipinski definition) is 2. The highest BCUT2D eigenvalue weighted by Gasteiger charge is 1.91. The Bertz CT molecular complexity index is 404. The minimum absolute atomic E-state index is 0.0219. The van der Waals surface area contributed by atoms with Gasteiger partial charge < -0.3 is 5.32 Å². The quantitative estimate of drug-likeness (QED) is 0.444. The minimum Gasteiger partial charge on any atom is -0.355 e. The highest BCUT2D eigenvalue weighted by molar-refractivity contribution is 7.80. The Morgan fingerprint density at radius 1 is 1.47 bits per heavy atom. The maximum absolute atomic E-state index is 10.6. The predicted molar refractivity (Wildman–Crippen MR) is 63.9 cm³/mol. The van der Waals surface area contributed by atoms with Gasteiger partial charge in [0.1, 0.15) is 0 Å². The van der Waals surface area contributed by atoms with Crippen LogP contribution in [0.5, 0.6) is 0 Å². The normalized spacial score (nSPS) is 8.93. The molecule has 0 aliphatic carbocycles. The summed E-state index contributed by atoms with van der Waals surface area (Å²) < 4.78 is 0. The van der Waals surface area contributed by atoms with E-state index in [-0.39, 0.29) is 5.91 Å². The van der Waals surface area contributed by atoms with E-state index < -0.39 is 0 Å². The molecule has 0 spiro atoms.